The van der Waals surface area contributed by atoms with Crippen LogP contribution in [-0.4, -0.2) is 13.1 Å². The number of aryl methyl sites for hydroxylation is 1. The SMILES string of the molecule is C=C(NCCCc1cc(Cl)ccc1NCC)c1ccc(Cc2cccc(F)c2)cc1. The maximum atomic E-state index is 13.3. The van der Waals surface area contributed by atoms with Crippen LogP contribution in [0.2, 0.25) is 5.02 Å². The van der Waals surface area contributed by atoms with Crippen LogP contribution in [0.25, 0.3) is 5.70 Å². The first kappa shape index (κ1) is 21.9. The van der Waals surface area contributed by atoms with Crippen molar-refractivity contribution in [1.29, 1.82) is 0 Å². The summed E-state index contributed by atoms with van der Waals surface area (Å²) in [4.78, 5) is 0. The van der Waals surface area contributed by atoms with E-state index < -0.39 is 0 Å². The second-order valence-electron chi connectivity index (χ2n) is 7.34. The number of hydrogen-bond donors (Lipinski definition) is 2. The van der Waals surface area contributed by atoms with Gasteiger partial charge in [0, 0.05) is 29.5 Å². The zero-order valence-corrected chi connectivity index (χ0v) is 18.1. The third-order valence-electron chi connectivity index (χ3n) is 5.00. The molecule has 0 saturated heterocycles. The Morgan fingerprint density at radius 2 is 1.80 bits per heavy atom. The van der Waals surface area contributed by atoms with Crippen LogP contribution < -0.4 is 10.6 Å². The molecule has 0 aliphatic heterocycles. The second-order valence-corrected chi connectivity index (χ2v) is 7.78. The van der Waals surface area contributed by atoms with E-state index >= 15 is 0 Å². The van der Waals surface area contributed by atoms with Gasteiger partial charge >= 0.3 is 0 Å². The van der Waals surface area contributed by atoms with Crippen LogP contribution in [0.4, 0.5) is 10.1 Å². The van der Waals surface area contributed by atoms with Crippen molar-refractivity contribution in [3.05, 3.63) is 106 Å². The smallest absolute Gasteiger partial charge is 0.123 e. The molecular formula is C26H28ClFN2. The second kappa shape index (κ2) is 10.8. The molecule has 0 heterocycles. The van der Waals surface area contributed by atoms with Gasteiger partial charge in [0.25, 0.3) is 0 Å². The molecule has 3 rings (SSSR count). The predicted octanol–water partition coefficient (Wildman–Crippen LogP) is 6.69. The average Bonchev–Trinajstić information content (AvgIpc) is 2.73. The Kier molecular flexibility index (Phi) is 7.92. The highest BCUT2D eigenvalue weighted by molar-refractivity contribution is 6.30. The lowest BCUT2D eigenvalue weighted by Gasteiger charge is -2.13. The number of anilines is 1. The Labute approximate surface area is 183 Å². The lowest BCUT2D eigenvalue weighted by atomic mass is 10.0. The van der Waals surface area contributed by atoms with Gasteiger partial charge < -0.3 is 10.6 Å². The molecule has 2 N–H and O–H groups in total. The largest absolute Gasteiger partial charge is 0.385 e. The third-order valence-corrected chi connectivity index (χ3v) is 5.23. The first-order valence-electron chi connectivity index (χ1n) is 10.3. The number of hydrogen-bond acceptors (Lipinski definition) is 2. The standard InChI is InChI=1S/C26H28ClFN2/c1-3-29-26-14-13-24(27)18-23(26)7-5-15-30-19(2)22-11-9-20(10-12-22)16-21-6-4-8-25(28)17-21/h4,6,8-14,17-18,29-30H,2-3,5,7,15-16H2,1H3. The van der Waals surface area contributed by atoms with Crippen LogP contribution >= 0.6 is 11.6 Å². The average molecular weight is 423 g/mol. The Hall–Kier alpha value is -2.78. The van der Waals surface area contributed by atoms with Gasteiger partial charge in [-0.15, -0.1) is 0 Å². The van der Waals surface area contributed by atoms with Crippen LogP contribution in [0.3, 0.4) is 0 Å². The fraction of sp³-hybridized carbons (Fsp3) is 0.231. The van der Waals surface area contributed by atoms with Crippen molar-refractivity contribution < 1.29 is 4.39 Å². The van der Waals surface area contributed by atoms with Crippen LogP contribution in [0.1, 0.15) is 35.6 Å². The number of rotatable bonds is 10. The molecular weight excluding hydrogens is 395 g/mol. The minimum Gasteiger partial charge on any atom is -0.385 e. The highest BCUT2D eigenvalue weighted by Crippen LogP contribution is 2.22. The van der Waals surface area contributed by atoms with Gasteiger partial charge in [-0.25, -0.2) is 4.39 Å². The molecule has 0 spiro atoms. The summed E-state index contributed by atoms with van der Waals surface area (Å²) in [5.74, 6) is -0.197. The Morgan fingerprint density at radius 1 is 1.00 bits per heavy atom. The fourth-order valence-electron chi connectivity index (χ4n) is 3.46. The van der Waals surface area contributed by atoms with Crippen molar-refractivity contribution in [2.75, 3.05) is 18.4 Å². The molecule has 3 aromatic carbocycles. The van der Waals surface area contributed by atoms with Gasteiger partial charge in [0.05, 0.1) is 0 Å². The molecule has 0 unspecified atom stereocenters. The monoisotopic (exact) mass is 422 g/mol. The zero-order valence-electron chi connectivity index (χ0n) is 17.3. The van der Waals surface area contributed by atoms with Crippen LogP contribution in [0, 0.1) is 5.82 Å². The van der Waals surface area contributed by atoms with Crippen LogP contribution in [0.5, 0.6) is 0 Å². The molecule has 0 aliphatic rings. The third kappa shape index (κ3) is 6.36. The molecule has 0 saturated carbocycles. The summed E-state index contributed by atoms with van der Waals surface area (Å²) < 4.78 is 13.3. The van der Waals surface area contributed by atoms with Crippen LogP contribution in [0.15, 0.2) is 73.3 Å². The van der Waals surface area contributed by atoms with Gasteiger partial charge in [-0.3, -0.25) is 0 Å². The van der Waals surface area contributed by atoms with E-state index in [2.05, 4.69) is 48.4 Å². The summed E-state index contributed by atoms with van der Waals surface area (Å²) in [6, 6.07) is 21.0. The molecule has 2 nitrogen and oxygen atoms in total. The predicted molar refractivity (Wildman–Crippen MR) is 127 cm³/mol. The van der Waals surface area contributed by atoms with Crippen LogP contribution in [-0.2, 0) is 12.8 Å². The molecule has 30 heavy (non-hydrogen) atoms. The first-order valence-corrected chi connectivity index (χ1v) is 10.7. The number of benzene rings is 3. The van der Waals surface area contributed by atoms with E-state index in [1.807, 2.05) is 24.3 Å². The van der Waals surface area contributed by atoms with Crippen molar-refractivity contribution in [3.8, 4) is 0 Å². The Bertz CT molecular complexity index is 983. The lowest BCUT2D eigenvalue weighted by molar-refractivity contribution is 0.626. The summed E-state index contributed by atoms with van der Waals surface area (Å²) in [7, 11) is 0. The first-order chi connectivity index (χ1) is 14.5. The highest BCUT2D eigenvalue weighted by Gasteiger charge is 2.04. The summed E-state index contributed by atoms with van der Waals surface area (Å²) in [6.07, 6.45) is 2.64. The summed E-state index contributed by atoms with van der Waals surface area (Å²) in [5.41, 5.74) is 6.47. The molecule has 0 fully saturated rings. The van der Waals surface area contributed by atoms with Gasteiger partial charge in [0.1, 0.15) is 5.82 Å². The van der Waals surface area contributed by atoms with E-state index in [0.717, 1.165) is 59.0 Å². The topological polar surface area (TPSA) is 24.1 Å². The molecule has 0 radical (unpaired) electrons. The van der Waals surface area contributed by atoms with Gasteiger partial charge in [-0.2, -0.15) is 0 Å². The van der Waals surface area contributed by atoms with Gasteiger partial charge in [-0.05, 0) is 78.8 Å². The molecule has 4 heteroatoms. The minimum absolute atomic E-state index is 0.197. The quantitative estimate of drug-likeness (QED) is 0.355. The normalized spacial score (nSPS) is 10.6. The van der Waals surface area contributed by atoms with Crippen molar-refractivity contribution in [3.63, 3.8) is 0 Å². The summed E-state index contributed by atoms with van der Waals surface area (Å²) in [5, 5.41) is 7.57. The van der Waals surface area contributed by atoms with E-state index in [4.69, 9.17) is 11.6 Å². The zero-order chi connectivity index (χ0) is 21.3. The minimum atomic E-state index is -0.197. The van der Waals surface area contributed by atoms with E-state index in [1.165, 1.54) is 11.6 Å². The molecule has 0 aromatic heterocycles. The molecule has 0 bridgehead atoms. The van der Waals surface area contributed by atoms with Crippen molar-refractivity contribution in [2.45, 2.75) is 26.2 Å². The van der Waals surface area contributed by atoms with Gasteiger partial charge in [-0.1, -0.05) is 54.6 Å². The number of nitrogens with one attached hydrogen (secondary N) is 2. The maximum Gasteiger partial charge on any atom is 0.123 e. The molecule has 0 aliphatic carbocycles. The molecule has 0 amide bonds. The van der Waals surface area contributed by atoms with E-state index in [9.17, 15) is 4.39 Å². The fourth-order valence-corrected chi connectivity index (χ4v) is 3.65. The van der Waals surface area contributed by atoms with Crippen molar-refractivity contribution >= 4 is 23.0 Å². The molecule has 3 aromatic rings. The van der Waals surface area contributed by atoms with Gasteiger partial charge in [0.2, 0.25) is 0 Å². The van der Waals surface area contributed by atoms with E-state index in [-0.39, 0.29) is 5.82 Å². The highest BCUT2D eigenvalue weighted by atomic mass is 35.5. The number of halogens is 2. The van der Waals surface area contributed by atoms with Crippen molar-refractivity contribution in [1.82, 2.24) is 5.32 Å². The Balaban J connectivity index is 1.49. The lowest BCUT2D eigenvalue weighted by Crippen LogP contribution is -2.14. The van der Waals surface area contributed by atoms with Crippen molar-refractivity contribution in [2.24, 2.45) is 0 Å². The summed E-state index contributed by atoms with van der Waals surface area (Å²) in [6.45, 7) is 7.98. The summed E-state index contributed by atoms with van der Waals surface area (Å²) >= 11 is 6.16. The molecule has 156 valence electrons. The van der Waals surface area contributed by atoms with E-state index in [0.29, 0.717) is 6.42 Å². The molecule has 0 atom stereocenters. The van der Waals surface area contributed by atoms with Gasteiger partial charge in [0.15, 0.2) is 0 Å². The Morgan fingerprint density at radius 3 is 2.53 bits per heavy atom. The maximum absolute atomic E-state index is 13.3. The van der Waals surface area contributed by atoms with E-state index in [1.54, 1.807) is 12.1 Å².